The third kappa shape index (κ3) is 1.62. The summed E-state index contributed by atoms with van der Waals surface area (Å²) in [5, 5.41) is 12.4. The molecule has 3 saturated carbocycles. The Balaban J connectivity index is 1.62. The van der Waals surface area contributed by atoms with E-state index in [1.54, 1.807) is 0 Å². The molecule has 0 aromatic rings. The second-order valence-corrected chi connectivity index (χ2v) is 6.58. The third-order valence-corrected chi connectivity index (χ3v) is 5.59. The van der Waals surface area contributed by atoms with Crippen molar-refractivity contribution in [2.24, 2.45) is 29.6 Å². The topological polar surface area (TPSA) is 49.3 Å². The molecule has 3 nitrogen and oxygen atoms in total. The van der Waals surface area contributed by atoms with Gasteiger partial charge in [0.2, 0.25) is 5.91 Å². The minimum absolute atomic E-state index is 0.0319. The number of fused-ring (bicyclic) bond motifs is 5. The SMILES string of the molecule is CCC(C)(CO)NC(=O)C1C2C3CCC(C3)C12. The Bertz CT molecular complexity index is 321. The maximum absolute atomic E-state index is 12.2. The second kappa shape index (κ2) is 3.71. The van der Waals surface area contributed by atoms with Crippen LogP contribution in [-0.4, -0.2) is 23.2 Å². The maximum Gasteiger partial charge on any atom is 0.224 e. The Labute approximate surface area is 103 Å². The number of amides is 1. The molecule has 3 fully saturated rings. The van der Waals surface area contributed by atoms with Gasteiger partial charge in [-0.15, -0.1) is 0 Å². The highest BCUT2D eigenvalue weighted by molar-refractivity contribution is 5.83. The monoisotopic (exact) mass is 237 g/mol. The molecule has 5 unspecified atom stereocenters. The highest BCUT2D eigenvalue weighted by atomic mass is 16.3. The molecular weight excluding hydrogens is 214 g/mol. The molecular formula is C14H23NO2. The van der Waals surface area contributed by atoms with Gasteiger partial charge in [0, 0.05) is 5.92 Å². The van der Waals surface area contributed by atoms with E-state index in [-0.39, 0.29) is 18.4 Å². The van der Waals surface area contributed by atoms with E-state index >= 15 is 0 Å². The Morgan fingerprint density at radius 2 is 1.94 bits per heavy atom. The highest BCUT2D eigenvalue weighted by Crippen LogP contribution is 2.69. The van der Waals surface area contributed by atoms with Crippen molar-refractivity contribution in [3.8, 4) is 0 Å². The number of hydrogen-bond acceptors (Lipinski definition) is 2. The number of hydrogen-bond donors (Lipinski definition) is 2. The van der Waals surface area contributed by atoms with Gasteiger partial charge in [-0.25, -0.2) is 0 Å². The molecule has 2 bridgehead atoms. The molecule has 0 heterocycles. The van der Waals surface area contributed by atoms with Crippen molar-refractivity contribution in [3.05, 3.63) is 0 Å². The highest BCUT2D eigenvalue weighted by Gasteiger charge is 2.67. The van der Waals surface area contributed by atoms with Crippen LogP contribution in [0, 0.1) is 29.6 Å². The minimum Gasteiger partial charge on any atom is -0.394 e. The van der Waals surface area contributed by atoms with Gasteiger partial charge in [0.1, 0.15) is 0 Å². The summed E-state index contributed by atoms with van der Waals surface area (Å²) < 4.78 is 0. The smallest absolute Gasteiger partial charge is 0.224 e. The van der Waals surface area contributed by atoms with Crippen LogP contribution in [0.3, 0.4) is 0 Å². The van der Waals surface area contributed by atoms with Gasteiger partial charge in [0.05, 0.1) is 12.1 Å². The summed E-state index contributed by atoms with van der Waals surface area (Å²) in [5.41, 5.74) is -0.424. The van der Waals surface area contributed by atoms with Crippen LogP contribution in [-0.2, 0) is 4.79 Å². The summed E-state index contributed by atoms with van der Waals surface area (Å²) in [7, 11) is 0. The Hall–Kier alpha value is -0.570. The molecule has 0 radical (unpaired) electrons. The first-order chi connectivity index (χ1) is 8.09. The quantitative estimate of drug-likeness (QED) is 0.779. The molecule has 5 atom stereocenters. The lowest BCUT2D eigenvalue weighted by Crippen LogP contribution is -2.49. The average molecular weight is 237 g/mol. The van der Waals surface area contributed by atoms with Crippen LogP contribution in [0.5, 0.6) is 0 Å². The summed E-state index contributed by atoms with van der Waals surface area (Å²) in [6.07, 6.45) is 4.86. The molecule has 0 spiro atoms. The summed E-state index contributed by atoms with van der Waals surface area (Å²) in [5.74, 6) is 3.53. The fraction of sp³-hybridized carbons (Fsp3) is 0.929. The Morgan fingerprint density at radius 1 is 1.35 bits per heavy atom. The van der Waals surface area contributed by atoms with Gasteiger partial charge in [0.15, 0.2) is 0 Å². The largest absolute Gasteiger partial charge is 0.394 e. The first-order valence-corrected chi connectivity index (χ1v) is 7.02. The van der Waals surface area contributed by atoms with Crippen molar-refractivity contribution in [1.29, 1.82) is 0 Å². The average Bonchev–Trinajstić information content (AvgIpc) is 2.79. The lowest BCUT2D eigenvalue weighted by molar-refractivity contribution is -0.125. The van der Waals surface area contributed by atoms with Gasteiger partial charge in [-0.1, -0.05) is 6.92 Å². The van der Waals surface area contributed by atoms with Crippen LogP contribution in [0.15, 0.2) is 0 Å². The lowest BCUT2D eigenvalue weighted by Gasteiger charge is -2.27. The van der Waals surface area contributed by atoms with Crippen LogP contribution >= 0.6 is 0 Å². The molecule has 1 amide bonds. The fourth-order valence-corrected chi connectivity index (χ4v) is 4.30. The van der Waals surface area contributed by atoms with E-state index < -0.39 is 5.54 Å². The molecule has 0 aliphatic heterocycles. The first kappa shape index (κ1) is 11.5. The van der Waals surface area contributed by atoms with Crippen molar-refractivity contribution in [3.63, 3.8) is 0 Å². The molecule has 3 heteroatoms. The van der Waals surface area contributed by atoms with E-state index in [2.05, 4.69) is 5.32 Å². The van der Waals surface area contributed by atoms with E-state index in [9.17, 15) is 9.90 Å². The summed E-state index contributed by atoms with van der Waals surface area (Å²) in [6.45, 7) is 3.97. The van der Waals surface area contributed by atoms with E-state index in [4.69, 9.17) is 0 Å². The molecule has 0 aromatic carbocycles. The molecule has 3 rings (SSSR count). The van der Waals surface area contributed by atoms with Crippen molar-refractivity contribution in [2.45, 2.75) is 45.1 Å². The van der Waals surface area contributed by atoms with E-state index in [0.717, 1.165) is 18.3 Å². The van der Waals surface area contributed by atoms with Crippen molar-refractivity contribution >= 4 is 5.91 Å². The maximum atomic E-state index is 12.2. The zero-order valence-electron chi connectivity index (χ0n) is 10.8. The summed E-state index contributed by atoms with van der Waals surface area (Å²) in [6, 6.07) is 0. The van der Waals surface area contributed by atoms with Crippen LogP contribution in [0.2, 0.25) is 0 Å². The van der Waals surface area contributed by atoms with Crippen LogP contribution in [0.25, 0.3) is 0 Å². The second-order valence-electron chi connectivity index (χ2n) is 6.58. The summed E-state index contributed by atoms with van der Waals surface area (Å²) in [4.78, 5) is 12.2. The molecule has 3 aliphatic carbocycles. The molecule has 96 valence electrons. The van der Waals surface area contributed by atoms with Crippen LogP contribution in [0.1, 0.15) is 39.5 Å². The molecule has 17 heavy (non-hydrogen) atoms. The van der Waals surface area contributed by atoms with Gasteiger partial charge in [-0.2, -0.15) is 0 Å². The zero-order valence-corrected chi connectivity index (χ0v) is 10.8. The first-order valence-electron chi connectivity index (χ1n) is 7.02. The summed E-state index contributed by atoms with van der Waals surface area (Å²) >= 11 is 0. The fourth-order valence-electron chi connectivity index (χ4n) is 4.30. The predicted octanol–water partition coefficient (Wildman–Crippen LogP) is 1.56. The van der Waals surface area contributed by atoms with Gasteiger partial charge in [-0.3, -0.25) is 4.79 Å². The van der Waals surface area contributed by atoms with E-state index in [1.165, 1.54) is 19.3 Å². The number of carbonyl (C=O) groups is 1. The van der Waals surface area contributed by atoms with Gasteiger partial charge in [-0.05, 0) is 56.3 Å². The van der Waals surface area contributed by atoms with Crippen LogP contribution < -0.4 is 5.32 Å². The third-order valence-electron chi connectivity index (χ3n) is 5.59. The standard InChI is InChI=1S/C14H23NO2/c1-3-14(2,7-16)15-13(17)12-10-8-4-5-9(6-8)11(10)12/h8-12,16H,3-7H2,1-2H3,(H,15,17). The van der Waals surface area contributed by atoms with Gasteiger partial charge < -0.3 is 10.4 Å². The predicted molar refractivity (Wildman–Crippen MR) is 65.2 cm³/mol. The van der Waals surface area contributed by atoms with Gasteiger partial charge in [0.25, 0.3) is 0 Å². The number of rotatable bonds is 4. The minimum atomic E-state index is -0.424. The number of nitrogens with one attached hydrogen (secondary N) is 1. The Morgan fingerprint density at radius 3 is 2.41 bits per heavy atom. The van der Waals surface area contributed by atoms with Crippen LogP contribution in [0.4, 0.5) is 0 Å². The molecule has 0 aromatic heterocycles. The molecule has 3 aliphatic rings. The van der Waals surface area contributed by atoms with Gasteiger partial charge >= 0.3 is 0 Å². The van der Waals surface area contributed by atoms with Crippen molar-refractivity contribution in [1.82, 2.24) is 5.32 Å². The number of aliphatic hydroxyl groups excluding tert-OH is 1. The van der Waals surface area contributed by atoms with E-state index in [0.29, 0.717) is 11.8 Å². The number of carbonyl (C=O) groups excluding carboxylic acids is 1. The Kier molecular flexibility index (Phi) is 2.51. The van der Waals surface area contributed by atoms with Crippen molar-refractivity contribution < 1.29 is 9.90 Å². The molecule has 2 N–H and O–H groups in total. The van der Waals surface area contributed by atoms with Crippen molar-refractivity contribution in [2.75, 3.05) is 6.61 Å². The van der Waals surface area contributed by atoms with E-state index in [1.807, 2.05) is 13.8 Å². The molecule has 0 saturated heterocycles. The zero-order chi connectivity index (χ0) is 12.2. The lowest BCUT2D eigenvalue weighted by atomic mass is 9.97. The normalized spacial score (nSPS) is 45.2. The number of aliphatic hydroxyl groups is 1.